The molecule has 0 bridgehead atoms. The van der Waals surface area contributed by atoms with Gasteiger partial charge in [0.25, 0.3) is 5.91 Å². The molecule has 1 fully saturated rings. The number of piperidine rings is 1. The number of carbonyl (C=O) groups excluding carboxylic acids is 1. The van der Waals surface area contributed by atoms with Crippen molar-refractivity contribution in [2.24, 2.45) is 0 Å². The first-order valence-electron chi connectivity index (χ1n) is 13.5. The highest BCUT2D eigenvalue weighted by molar-refractivity contribution is 6.34. The zero-order valence-corrected chi connectivity index (χ0v) is 24.1. The van der Waals surface area contributed by atoms with Gasteiger partial charge in [0.15, 0.2) is 12.3 Å². The molecular formula is C30H35ClN6O3. The van der Waals surface area contributed by atoms with Crippen LogP contribution < -0.4 is 20.1 Å². The fourth-order valence-electron chi connectivity index (χ4n) is 5.16. The third-order valence-corrected chi connectivity index (χ3v) is 7.62. The van der Waals surface area contributed by atoms with Gasteiger partial charge in [-0.3, -0.25) is 9.69 Å². The Morgan fingerprint density at radius 3 is 2.50 bits per heavy atom. The Kier molecular flexibility index (Phi) is 8.42. The number of rotatable bonds is 9. The number of aromatic nitrogens is 3. The van der Waals surface area contributed by atoms with Gasteiger partial charge in [0.05, 0.1) is 24.0 Å². The van der Waals surface area contributed by atoms with E-state index < -0.39 is 0 Å². The van der Waals surface area contributed by atoms with Gasteiger partial charge >= 0.3 is 0 Å². The second kappa shape index (κ2) is 12.1. The van der Waals surface area contributed by atoms with Crippen LogP contribution in [0.2, 0.25) is 5.02 Å². The highest BCUT2D eigenvalue weighted by Gasteiger charge is 2.22. The summed E-state index contributed by atoms with van der Waals surface area (Å²) in [6, 6.07) is 12.6. The van der Waals surface area contributed by atoms with Crippen LogP contribution in [0.15, 0.2) is 42.6 Å². The minimum atomic E-state index is -0.175. The van der Waals surface area contributed by atoms with Gasteiger partial charge in [-0.05, 0) is 67.6 Å². The molecule has 1 amide bonds. The number of amides is 1. The second-order valence-corrected chi connectivity index (χ2v) is 10.6. The Morgan fingerprint density at radius 2 is 1.85 bits per heavy atom. The molecule has 0 radical (unpaired) electrons. The lowest BCUT2D eigenvalue weighted by Crippen LogP contribution is -2.38. The molecule has 0 saturated carbocycles. The first kappa shape index (κ1) is 27.7. The Hall–Kier alpha value is -3.82. The number of methoxy groups -OCH3 is 1. The summed E-state index contributed by atoms with van der Waals surface area (Å²) >= 11 is 6.64. The molecule has 10 heteroatoms. The molecule has 0 unspecified atom stereocenters. The van der Waals surface area contributed by atoms with E-state index in [1.165, 1.54) is 5.56 Å². The summed E-state index contributed by atoms with van der Waals surface area (Å²) in [6.45, 7) is 6.81. The van der Waals surface area contributed by atoms with E-state index in [2.05, 4.69) is 37.6 Å². The Labute approximate surface area is 239 Å². The first-order valence-corrected chi connectivity index (χ1v) is 13.8. The fourth-order valence-corrected chi connectivity index (χ4v) is 5.36. The van der Waals surface area contributed by atoms with E-state index in [-0.39, 0.29) is 12.5 Å². The molecule has 3 N–H and O–H groups in total. The predicted octanol–water partition coefficient (Wildman–Crippen LogP) is 5.11. The van der Waals surface area contributed by atoms with E-state index in [4.69, 9.17) is 26.1 Å². The van der Waals surface area contributed by atoms with E-state index in [1.807, 2.05) is 38.1 Å². The second-order valence-electron chi connectivity index (χ2n) is 10.2. The Balaban J connectivity index is 1.29. The van der Waals surface area contributed by atoms with Crippen molar-refractivity contribution >= 4 is 34.4 Å². The van der Waals surface area contributed by atoms with Crippen molar-refractivity contribution in [3.63, 3.8) is 0 Å². The molecule has 0 aliphatic carbocycles. The number of benzene rings is 2. The summed E-state index contributed by atoms with van der Waals surface area (Å²) in [5.74, 6) is 2.10. The maximum absolute atomic E-state index is 11.6. The van der Waals surface area contributed by atoms with Crippen LogP contribution in [0.5, 0.6) is 11.5 Å². The van der Waals surface area contributed by atoms with Crippen LogP contribution in [-0.2, 0) is 11.3 Å². The summed E-state index contributed by atoms with van der Waals surface area (Å²) in [5, 5.41) is 6.81. The molecule has 4 aromatic rings. The number of nitrogens with one attached hydrogen (secondary N) is 3. The standard InChI is InChI=1S/C30H35ClN6O3/c1-18-13-21(14-19(2)28(18)40-17-25(38)32-3)29-35-27-26(24(31)15-33-30(27)36-29)34-22-9-11-37(12-10-22)16-20-5-7-23(39-4)8-6-20/h5-8,13-15,22H,9-12,16-17H2,1-4H3,(H,32,38)(H2,33,34,35,36). The number of aryl methyl sites for hydroxylation is 2. The van der Waals surface area contributed by atoms with Gasteiger partial charge in [-0.1, -0.05) is 23.7 Å². The number of nitrogens with zero attached hydrogens (tertiary/aromatic N) is 3. The van der Waals surface area contributed by atoms with Gasteiger partial charge in [-0.2, -0.15) is 0 Å². The molecule has 210 valence electrons. The van der Waals surface area contributed by atoms with Crippen LogP contribution in [0.25, 0.3) is 22.6 Å². The summed E-state index contributed by atoms with van der Waals surface area (Å²) < 4.78 is 11.0. The van der Waals surface area contributed by atoms with Crippen LogP contribution in [0.4, 0.5) is 5.69 Å². The third kappa shape index (κ3) is 6.16. The topological polar surface area (TPSA) is 104 Å². The summed E-state index contributed by atoms with van der Waals surface area (Å²) in [4.78, 5) is 26.8. The van der Waals surface area contributed by atoms with Crippen LogP contribution in [0.1, 0.15) is 29.5 Å². The van der Waals surface area contributed by atoms with Crippen molar-refractivity contribution in [1.82, 2.24) is 25.2 Å². The molecule has 0 atom stereocenters. The molecule has 40 heavy (non-hydrogen) atoms. The number of anilines is 1. The fraction of sp³-hybridized carbons (Fsp3) is 0.367. The molecule has 2 aromatic carbocycles. The SMILES string of the molecule is CNC(=O)COc1c(C)cc(-c2nc3ncc(Cl)c(NC4CCN(Cc5ccc(OC)cc5)CC4)c3[nH]2)cc1C. The van der Waals surface area contributed by atoms with Crippen molar-refractivity contribution in [3.05, 3.63) is 64.3 Å². The monoisotopic (exact) mass is 562 g/mol. The molecule has 0 spiro atoms. The minimum Gasteiger partial charge on any atom is -0.497 e. The molecule has 5 rings (SSSR count). The van der Waals surface area contributed by atoms with E-state index in [1.54, 1.807) is 20.4 Å². The average molecular weight is 563 g/mol. The van der Waals surface area contributed by atoms with Crippen LogP contribution in [0.3, 0.4) is 0 Å². The van der Waals surface area contributed by atoms with Gasteiger partial charge in [-0.15, -0.1) is 0 Å². The number of H-pyrrole nitrogens is 1. The van der Waals surface area contributed by atoms with Crippen molar-refractivity contribution < 1.29 is 14.3 Å². The van der Waals surface area contributed by atoms with Gasteiger partial charge < -0.3 is 25.1 Å². The lowest BCUT2D eigenvalue weighted by atomic mass is 10.0. The molecular weight excluding hydrogens is 528 g/mol. The number of ether oxygens (including phenoxy) is 2. The molecule has 1 saturated heterocycles. The number of imidazole rings is 1. The third-order valence-electron chi connectivity index (χ3n) is 7.34. The maximum Gasteiger partial charge on any atom is 0.257 e. The largest absolute Gasteiger partial charge is 0.497 e. The number of halogens is 1. The first-order chi connectivity index (χ1) is 19.3. The Bertz CT molecular complexity index is 1470. The van der Waals surface area contributed by atoms with Gasteiger partial charge in [0.1, 0.15) is 22.8 Å². The number of likely N-dealkylation sites (tertiary alicyclic amines) is 1. The normalized spacial score (nSPS) is 14.3. The molecule has 1 aliphatic heterocycles. The molecule has 9 nitrogen and oxygen atoms in total. The highest BCUT2D eigenvalue weighted by Crippen LogP contribution is 2.34. The van der Waals surface area contributed by atoms with Crippen LogP contribution >= 0.6 is 11.6 Å². The van der Waals surface area contributed by atoms with Crippen LogP contribution in [0, 0.1) is 13.8 Å². The van der Waals surface area contributed by atoms with Crippen molar-refractivity contribution in [2.45, 2.75) is 39.3 Å². The lowest BCUT2D eigenvalue weighted by molar-refractivity contribution is -0.122. The number of pyridine rings is 1. The molecule has 1 aliphatic rings. The van der Waals surface area contributed by atoms with Crippen molar-refractivity contribution in [2.75, 3.05) is 39.2 Å². The zero-order chi connectivity index (χ0) is 28.2. The van der Waals surface area contributed by atoms with Gasteiger partial charge in [0.2, 0.25) is 0 Å². The minimum absolute atomic E-state index is 0.0278. The number of hydrogen-bond donors (Lipinski definition) is 3. The average Bonchev–Trinajstić information content (AvgIpc) is 3.40. The zero-order valence-electron chi connectivity index (χ0n) is 23.3. The quantitative estimate of drug-likeness (QED) is 0.260. The number of hydrogen-bond acceptors (Lipinski definition) is 7. The number of aromatic amines is 1. The van der Waals surface area contributed by atoms with E-state index >= 15 is 0 Å². The smallest absolute Gasteiger partial charge is 0.257 e. The molecule has 2 aromatic heterocycles. The number of fused-ring (bicyclic) bond motifs is 1. The Morgan fingerprint density at radius 1 is 1.15 bits per heavy atom. The molecule has 3 heterocycles. The lowest BCUT2D eigenvalue weighted by Gasteiger charge is -2.33. The number of likely N-dealkylation sites (N-methyl/N-ethyl adjacent to an activating group) is 1. The van der Waals surface area contributed by atoms with Gasteiger partial charge in [-0.25, -0.2) is 9.97 Å². The number of carbonyl (C=O) groups is 1. The summed E-state index contributed by atoms with van der Waals surface area (Å²) in [7, 11) is 3.28. The summed E-state index contributed by atoms with van der Waals surface area (Å²) in [5.41, 5.74) is 6.27. The van der Waals surface area contributed by atoms with Gasteiger partial charge in [0, 0.05) is 38.3 Å². The van der Waals surface area contributed by atoms with Crippen molar-refractivity contribution in [1.29, 1.82) is 0 Å². The van der Waals surface area contributed by atoms with E-state index in [0.717, 1.165) is 66.1 Å². The van der Waals surface area contributed by atoms with E-state index in [0.29, 0.717) is 28.3 Å². The predicted molar refractivity (Wildman–Crippen MR) is 158 cm³/mol. The van der Waals surface area contributed by atoms with E-state index in [9.17, 15) is 4.79 Å². The highest BCUT2D eigenvalue weighted by atomic mass is 35.5. The summed E-state index contributed by atoms with van der Waals surface area (Å²) in [6.07, 6.45) is 3.67. The van der Waals surface area contributed by atoms with Crippen LogP contribution in [-0.4, -0.2) is 65.7 Å². The van der Waals surface area contributed by atoms with Crippen molar-refractivity contribution in [3.8, 4) is 22.9 Å². The maximum atomic E-state index is 11.6.